The number of aromatic nitrogens is 1. The van der Waals surface area contributed by atoms with Crippen LogP contribution in [0.5, 0.6) is 0 Å². The monoisotopic (exact) mass is 326 g/mol. The molecule has 24 heavy (non-hydrogen) atoms. The molecular weight excluding hydrogens is 311 g/mol. The average Bonchev–Trinajstić information content (AvgIpc) is 3.11. The van der Waals surface area contributed by atoms with E-state index in [1.54, 1.807) is 0 Å². The highest BCUT2D eigenvalue weighted by atomic mass is 19.1. The number of rotatable bonds is 5. The minimum absolute atomic E-state index is 0.0159. The number of halogens is 1. The first-order valence-corrected chi connectivity index (χ1v) is 7.37. The molecule has 1 unspecified atom stereocenters. The van der Waals surface area contributed by atoms with Crippen LogP contribution in [0.2, 0.25) is 0 Å². The number of amides is 1. The fourth-order valence-electron chi connectivity index (χ4n) is 2.20. The first-order valence-electron chi connectivity index (χ1n) is 7.37. The standard InChI is InChI=1S/C18H15FN2O3/c19-14-8-6-12(7-9-14)16(22)11-20-18(23)15-10-17(24-21-15)13-4-2-1-3-5-13/h1-10,16,22H,11H2,(H,20,23). The van der Waals surface area contributed by atoms with E-state index in [0.29, 0.717) is 11.3 Å². The van der Waals surface area contributed by atoms with Gasteiger partial charge in [0, 0.05) is 18.2 Å². The second-order valence-electron chi connectivity index (χ2n) is 5.22. The Morgan fingerprint density at radius 1 is 1.17 bits per heavy atom. The maximum atomic E-state index is 12.9. The van der Waals surface area contributed by atoms with E-state index in [1.807, 2.05) is 30.3 Å². The Kier molecular flexibility index (Phi) is 4.67. The van der Waals surface area contributed by atoms with Crippen LogP contribution in [0.25, 0.3) is 11.3 Å². The zero-order chi connectivity index (χ0) is 16.9. The van der Waals surface area contributed by atoms with Crippen molar-refractivity contribution < 1.29 is 18.8 Å². The fourth-order valence-corrected chi connectivity index (χ4v) is 2.20. The maximum Gasteiger partial charge on any atom is 0.273 e. The summed E-state index contributed by atoms with van der Waals surface area (Å²) >= 11 is 0. The third-order valence-corrected chi connectivity index (χ3v) is 3.51. The van der Waals surface area contributed by atoms with E-state index in [4.69, 9.17) is 4.52 Å². The fraction of sp³-hybridized carbons (Fsp3) is 0.111. The van der Waals surface area contributed by atoms with E-state index in [0.717, 1.165) is 5.56 Å². The van der Waals surface area contributed by atoms with Crippen molar-refractivity contribution in [3.63, 3.8) is 0 Å². The summed E-state index contributed by atoms with van der Waals surface area (Å²) in [4.78, 5) is 12.1. The Morgan fingerprint density at radius 3 is 2.58 bits per heavy atom. The molecule has 3 aromatic rings. The molecule has 6 heteroatoms. The van der Waals surface area contributed by atoms with Crippen LogP contribution in [0.1, 0.15) is 22.2 Å². The summed E-state index contributed by atoms with van der Waals surface area (Å²) < 4.78 is 18.0. The van der Waals surface area contributed by atoms with Gasteiger partial charge in [0.25, 0.3) is 5.91 Å². The van der Waals surface area contributed by atoms with E-state index >= 15 is 0 Å². The third-order valence-electron chi connectivity index (χ3n) is 3.51. The van der Waals surface area contributed by atoms with Crippen LogP contribution < -0.4 is 5.32 Å². The maximum absolute atomic E-state index is 12.9. The lowest BCUT2D eigenvalue weighted by atomic mass is 10.1. The van der Waals surface area contributed by atoms with Gasteiger partial charge in [-0.05, 0) is 17.7 Å². The number of nitrogens with zero attached hydrogens (tertiary/aromatic N) is 1. The van der Waals surface area contributed by atoms with Gasteiger partial charge in [-0.25, -0.2) is 4.39 Å². The van der Waals surface area contributed by atoms with Crippen molar-refractivity contribution in [1.29, 1.82) is 0 Å². The minimum atomic E-state index is -0.935. The highest BCUT2D eigenvalue weighted by Crippen LogP contribution is 2.19. The molecule has 1 heterocycles. The van der Waals surface area contributed by atoms with Gasteiger partial charge >= 0.3 is 0 Å². The summed E-state index contributed by atoms with van der Waals surface area (Å²) in [5.74, 6) is -0.354. The molecule has 122 valence electrons. The number of nitrogens with one attached hydrogen (secondary N) is 1. The van der Waals surface area contributed by atoms with Gasteiger partial charge in [0.15, 0.2) is 11.5 Å². The highest BCUT2D eigenvalue weighted by molar-refractivity contribution is 5.93. The summed E-state index contributed by atoms with van der Waals surface area (Å²) in [7, 11) is 0. The minimum Gasteiger partial charge on any atom is -0.387 e. The predicted octanol–water partition coefficient (Wildman–Crippen LogP) is 2.94. The lowest BCUT2D eigenvalue weighted by Crippen LogP contribution is -2.28. The van der Waals surface area contributed by atoms with Gasteiger partial charge in [-0.2, -0.15) is 0 Å². The topological polar surface area (TPSA) is 75.4 Å². The van der Waals surface area contributed by atoms with Crippen molar-refractivity contribution in [2.45, 2.75) is 6.10 Å². The van der Waals surface area contributed by atoms with Gasteiger partial charge in [0.2, 0.25) is 0 Å². The van der Waals surface area contributed by atoms with Crippen molar-refractivity contribution in [3.05, 3.63) is 77.7 Å². The first-order chi connectivity index (χ1) is 11.6. The normalized spacial score (nSPS) is 11.9. The van der Waals surface area contributed by atoms with E-state index in [2.05, 4.69) is 10.5 Å². The molecule has 0 bridgehead atoms. The predicted molar refractivity (Wildman–Crippen MR) is 85.6 cm³/mol. The van der Waals surface area contributed by atoms with Gasteiger partial charge in [0.05, 0.1) is 6.10 Å². The molecule has 2 N–H and O–H groups in total. The third kappa shape index (κ3) is 3.67. The lowest BCUT2D eigenvalue weighted by molar-refractivity contribution is 0.0907. The average molecular weight is 326 g/mol. The second kappa shape index (κ2) is 7.06. The zero-order valence-corrected chi connectivity index (χ0v) is 12.6. The number of carbonyl (C=O) groups excluding carboxylic acids is 1. The van der Waals surface area contributed by atoms with Crippen LogP contribution in [0.15, 0.2) is 65.2 Å². The van der Waals surface area contributed by atoms with Gasteiger partial charge < -0.3 is 14.9 Å². The largest absolute Gasteiger partial charge is 0.387 e. The zero-order valence-electron chi connectivity index (χ0n) is 12.6. The van der Waals surface area contributed by atoms with Crippen molar-refractivity contribution in [2.24, 2.45) is 0 Å². The Labute approximate surface area is 137 Å². The van der Waals surface area contributed by atoms with Crippen LogP contribution in [0.3, 0.4) is 0 Å². The van der Waals surface area contributed by atoms with E-state index in [-0.39, 0.29) is 18.1 Å². The summed E-state index contributed by atoms with van der Waals surface area (Å²) in [6, 6.07) is 16.3. The van der Waals surface area contributed by atoms with Gasteiger partial charge in [-0.15, -0.1) is 0 Å². The molecule has 1 amide bonds. The van der Waals surface area contributed by atoms with Crippen LogP contribution >= 0.6 is 0 Å². The number of hydrogen-bond donors (Lipinski definition) is 2. The Hall–Kier alpha value is -2.99. The molecule has 5 nitrogen and oxygen atoms in total. The van der Waals surface area contributed by atoms with Gasteiger partial charge in [-0.1, -0.05) is 47.6 Å². The molecule has 0 aliphatic carbocycles. The molecule has 3 rings (SSSR count). The SMILES string of the molecule is O=C(NCC(O)c1ccc(F)cc1)c1cc(-c2ccccc2)on1. The lowest BCUT2D eigenvalue weighted by Gasteiger charge is -2.11. The van der Waals surface area contributed by atoms with Crippen LogP contribution in [0.4, 0.5) is 4.39 Å². The number of benzene rings is 2. The number of aliphatic hydroxyl groups excluding tert-OH is 1. The van der Waals surface area contributed by atoms with Crippen molar-refractivity contribution in [3.8, 4) is 11.3 Å². The summed E-state index contributed by atoms with van der Waals surface area (Å²) in [6.45, 7) is -0.0159. The number of carbonyl (C=O) groups is 1. The molecule has 0 spiro atoms. The van der Waals surface area contributed by atoms with Gasteiger partial charge in [0.1, 0.15) is 5.82 Å². The van der Waals surface area contributed by atoms with Crippen molar-refractivity contribution in [1.82, 2.24) is 10.5 Å². The summed E-state index contributed by atoms with van der Waals surface area (Å²) in [6.07, 6.45) is -0.935. The van der Waals surface area contributed by atoms with Crippen molar-refractivity contribution in [2.75, 3.05) is 6.54 Å². The number of hydrogen-bond acceptors (Lipinski definition) is 4. The molecule has 0 aliphatic heterocycles. The molecule has 1 atom stereocenters. The molecular formula is C18H15FN2O3. The molecule has 0 fully saturated rings. The Bertz CT molecular complexity index is 816. The molecule has 0 saturated heterocycles. The van der Waals surface area contributed by atoms with Crippen LogP contribution in [0, 0.1) is 5.82 Å². The van der Waals surface area contributed by atoms with Crippen LogP contribution in [-0.2, 0) is 0 Å². The Morgan fingerprint density at radius 2 is 1.88 bits per heavy atom. The van der Waals surface area contributed by atoms with Gasteiger partial charge in [-0.3, -0.25) is 4.79 Å². The van der Waals surface area contributed by atoms with E-state index in [9.17, 15) is 14.3 Å². The molecule has 0 aliphatic rings. The van der Waals surface area contributed by atoms with E-state index in [1.165, 1.54) is 30.3 Å². The molecule has 2 aromatic carbocycles. The van der Waals surface area contributed by atoms with Crippen LogP contribution in [-0.4, -0.2) is 22.7 Å². The smallest absolute Gasteiger partial charge is 0.273 e. The molecule has 0 radical (unpaired) electrons. The number of aliphatic hydroxyl groups is 1. The first kappa shape index (κ1) is 15.9. The molecule has 0 saturated carbocycles. The molecule has 1 aromatic heterocycles. The van der Waals surface area contributed by atoms with E-state index < -0.39 is 12.0 Å². The van der Waals surface area contributed by atoms with Crippen molar-refractivity contribution >= 4 is 5.91 Å². The second-order valence-corrected chi connectivity index (χ2v) is 5.22. The Balaban J connectivity index is 1.61. The summed E-state index contributed by atoms with van der Waals surface area (Å²) in [5, 5.41) is 16.3. The quantitative estimate of drug-likeness (QED) is 0.756. The summed E-state index contributed by atoms with van der Waals surface area (Å²) in [5.41, 5.74) is 1.46. The highest BCUT2D eigenvalue weighted by Gasteiger charge is 2.15.